The van der Waals surface area contributed by atoms with Crippen LogP contribution in [0.2, 0.25) is 0 Å². The number of thioether (sulfide) groups is 1. The number of allylic oxidation sites excluding steroid dienone is 5. The van der Waals surface area contributed by atoms with Crippen molar-refractivity contribution in [1.29, 1.82) is 0 Å². The zero-order valence-electron chi connectivity index (χ0n) is 12.9. The van der Waals surface area contributed by atoms with Crippen LogP contribution >= 0.6 is 11.8 Å². The molecule has 0 saturated heterocycles. The van der Waals surface area contributed by atoms with Crippen molar-refractivity contribution in [3.8, 4) is 0 Å². The van der Waals surface area contributed by atoms with Gasteiger partial charge in [-0.25, -0.2) is 0 Å². The average Bonchev–Trinajstić information content (AvgIpc) is 2.63. The minimum absolute atomic E-state index is 0.177. The normalized spacial score (nSPS) is 28.9. The van der Waals surface area contributed by atoms with E-state index >= 15 is 0 Å². The predicted molar refractivity (Wildman–Crippen MR) is 88.3 cm³/mol. The van der Waals surface area contributed by atoms with Crippen LogP contribution in [0.4, 0.5) is 0 Å². The molecule has 1 N–H and O–H groups in total. The van der Waals surface area contributed by atoms with E-state index in [0.29, 0.717) is 29.4 Å². The zero-order valence-corrected chi connectivity index (χ0v) is 13.8. The molecule has 0 amide bonds. The summed E-state index contributed by atoms with van der Waals surface area (Å²) in [5.41, 5.74) is 1.74. The van der Waals surface area contributed by atoms with Gasteiger partial charge in [-0.1, -0.05) is 30.9 Å². The minimum Gasteiger partial charge on any atom is -0.511 e. The quantitative estimate of drug-likeness (QED) is 0.773. The van der Waals surface area contributed by atoms with Gasteiger partial charge in [0.25, 0.3) is 0 Å². The van der Waals surface area contributed by atoms with Gasteiger partial charge in [0.05, 0.1) is 0 Å². The Labute approximate surface area is 131 Å². The highest BCUT2D eigenvalue weighted by atomic mass is 32.2. The highest BCUT2D eigenvalue weighted by Gasteiger charge is 2.46. The number of aliphatic hydroxyl groups is 1. The fraction of sp³-hybridized carbons (Fsp3) is 0.611. The van der Waals surface area contributed by atoms with E-state index < -0.39 is 0 Å². The van der Waals surface area contributed by atoms with Gasteiger partial charge in [-0.15, -0.1) is 11.8 Å². The monoisotopic (exact) mass is 304 g/mol. The molecule has 1 spiro atoms. The van der Waals surface area contributed by atoms with Crippen LogP contribution in [0.3, 0.4) is 0 Å². The van der Waals surface area contributed by atoms with Gasteiger partial charge in [0.2, 0.25) is 0 Å². The second-order valence-electron chi connectivity index (χ2n) is 6.79. The molecule has 0 aromatic rings. The summed E-state index contributed by atoms with van der Waals surface area (Å²) >= 11 is 1.80. The van der Waals surface area contributed by atoms with E-state index in [1.165, 1.54) is 16.9 Å². The molecule has 1 saturated carbocycles. The smallest absolute Gasteiger partial charge is 0.163 e. The maximum absolute atomic E-state index is 12.4. The highest BCUT2D eigenvalue weighted by Crippen LogP contribution is 2.51. The molecule has 3 rings (SSSR count). The summed E-state index contributed by atoms with van der Waals surface area (Å²) in [5.74, 6) is 0.601. The maximum atomic E-state index is 12.4. The summed E-state index contributed by atoms with van der Waals surface area (Å²) in [6.45, 7) is 4.28. The predicted octanol–water partition coefficient (Wildman–Crippen LogP) is 5.08. The largest absolute Gasteiger partial charge is 0.511 e. The second kappa shape index (κ2) is 5.68. The fourth-order valence-electron chi connectivity index (χ4n) is 4.02. The van der Waals surface area contributed by atoms with E-state index in [1.54, 1.807) is 11.8 Å². The lowest BCUT2D eigenvalue weighted by molar-refractivity contribution is -0.116. The first kappa shape index (κ1) is 15.0. The molecule has 1 heterocycles. The van der Waals surface area contributed by atoms with Crippen molar-refractivity contribution in [1.82, 2.24) is 0 Å². The van der Waals surface area contributed by atoms with Gasteiger partial charge in [0, 0.05) is 29.1 Å². The van der Waals surface area contributed by atoms with Gasteiger partial charge >= 0.3 is 0 Å². The van der Waals surface area contributed by atoms with Crippen molar-refractivity contribution in [2.45, 2.75) is 64.0 Å². The van der Waals surface area contributed by atoms with Crippen LogP contribution in [0, 0.1) is 5.41 Å². The van der Waals surface area contributed by atoms with Crippen LogP contribution in [0.1, 0.15) is 58.8 Å². The Morgan fingerprint density at radius 3 is 2.71 bits per heavy atom. The number of carbonyl (C=O) groups is 1. The van der Waals surface area contributed by atoms with E-state index in [2.05, 4.69) is 26.0 Å². The van der Waals surface area contributed by atoms with E-state index in [4.69, 9.17) is 0 Å². The van der Waals surface area contributed by atoms with Crippen molar-refractivity contribution in [2.75, 3.05) is 0 Å². The van der Waals surface area contributed by atoms with Crippen LogP contribution in [-0.4, -0.2) is 16.1 Å². The third-order valence-electron chi connectivity index (χ3n) is 5.01. The van der Waals surface area contributed by atoms with Crippen molar-refractivity contribution in [3.05, 3.63) is 34.0 Å². The lowest BCUT2D eigenvalue weighted by Gasteiger charge is -2.32. The summed E-state index contributed by atoms with van der Waals surface area (Å²) in [5, 5.41) is 11.2. The Morgan fingerprint density at radius 1 is 1.33 bits per heavy atom. The van der Waals surface area contributed by atoms with Gasteiger partial charge in [0.15, 0.2) is 5.78 Å². The Morgan fingerprint density at radius 2 is 2.05 bits per heavy atom. The minimum atomic E-state index is -0.207. The van der Waals surface area contributed by atoms with Crippen LogP contribution in [0.25, 0.3) is 0 Å². The molecule has 1 atom stereocenters. The molecular weight excluding hydrogens is 280 g/mol. The first-order valence-electron chi connectivity index (χ1n) is 8.02. The lowest BCUT2D eigenvalue weighted by Crippen LogP contribution is -2.24. The maximum Gasteiger partial charge on any atom is 0.163 e. The molecule has 0 bridgehead atoms. The number of rotatable bonds is 2. The summed E-state index contributed by atoms with van der Waals surface area (Å²) in [7, 11) is 0. The number of hydrogen-bond donors (Lipinski definition) is 1. The number of Topliss-reactive ketones (excluding diaryl/α,β-unsaturated/α-hetero) is 1. The standard InChI is InChI=1S/C18H24O2S/c1-12-8-13(2)21-14(9-12)10-15-16(19)11-18(17(15)20)6-4-3-5-7-18/h8-9,13,20H,3-7,10-11H2,1-2H3. The molecule has 1 aliphatic heterocycles. The van der Waals surface area contributed by atoms with Gasteiger partial charge < -0.3 is 5.11 Å². The molecule has 3 heteroatoms. The van der Waals surface area contributed by atoms with Crippen LogP contribution < -0.4 is 0 Å². The van der Waals surface area contributed by atoms with Gasteiger partial charge in [-0.05, 0) is 37.7 Å². The summed E-state index contributed by atoms with van der Waals surface area (Å²) in [6, 6.07) is 0. The van der Waals surface area contributed by atoms with Gasteiger partial charge in [-0.3, -0.25) is 4.79 Å². The topological polar surface area (TPSA) is 37.3 Å². The first-order valence-corrected chi connectivity index (χ1v) is 8.90. The summed E-state index contributed by atoms with van der Waals surface area (Å²) < 4.78 is 0. The molecule has 114 valence electrons. The third kappa shape index (κ3) is 2.85. The number of carbonyl (C=O) groups excluding carboxylic acids is 1. The SMILES string of the molecule is CC1=CC(C)SC(CC2=C(O)C3(CCCCC3)CC2=O)=C1. The van der Waals surface area contributed by atoms with E-state index in [0.717, 1.165) is 25.7 Å². The van der Waals surface area contributed by atoms with Gasteiger partial charge in [0.1, 0.15) is 5.76 Å². The molecule has 2 nitrogen and oxygen atoms in total. The molecular formula is C18H24O2S. The molecule has 0 aromatic heterocycles. The Balaban J connectivity index is 1.84. The Bertz CT molecular complexity index is 548. The molecule has 0 radical (unpaired) electrons. The Kier molecular flexibility index (Phi) is 4.04. The van der Waals surface area contributed by atoms with Crippen LogP contribution in [-0.2, 0) is 4.79 Å². The molecule has 1 fully saturated rings. The number of ketones is 1. The van der Waals surface area contributed by atoms with Crippen molar-refractivity contribution in [2.24, 2.45) is 5.41 Å². The van der Waals surface area contributed by atoms with Crippen LogP contribution in [0.5, 0.6) is 0 Å². The first-order chi connectivity index (χ1) is 10.00. The zero-order chi connectivity index (χ0) is 15.0. The fourth-order valence-corrected chi connectivity index (χ4v) is 5.26. The lowest BCUT2D eigenvalue weighted by atomic mass is 9.72. The number of aliphatic hydroxyl groups excluding tert-OH is 1. The highest BCUT2D eigenvalue weighted by molar-refractivity contribution is 8.03. The Hall–Kier alpha value is -0.960. The van der Waals surface area contributed by atoms with Gasteiger partial charge in [-0.2, -0.15) is 0 Å². The molecule has 3 aliphatic rings. The summed E-state index contributed by atoms with van der Waals surface area (Å²) in [6.07, 6.45) is 11.0. The van der Waals surface area contributed by atoms with E-state index in [1.807, 2.05) is 0 Å². The molecule has 0 aromatic carbocycles. The van der Waals surface area contributed by atoms with E-state index in [9.17, 15) is 9.90 Å². The molecule has 21 heavy (non-hydrogen) atoms. The summed E-state index contributed by atoms with van der Waals surface area (Å²) in [4.78, 5) is 13.6. The van der Waals surface area contributed by atoms with Crippen molar-refractivity contribution in [3.63, 3.8) is 0 Å². The van der Waals surface area contributed by atoms with Crippen LogP contribution in [0.15, 0.2) is 34.0 Å². The second-order valence-corrected chi connectivity index (χ2v) is 8.29. The molecule has 1 unspecified atom stereocenters. The third-order valence-corrected chi connectivity index (χ3v) is 6.08. The molecule has 2 aliphatic carbocycles. The number of hydrogen-bond acceptors (Lipinski definition) is 3. The van der Waals surface area contributed by atoms with Crippen molar-refractivity contribution >= 4 is 17.5 Å². The van der Waals surface area contributed by atoms with Crippen molar-refractivity contribution < 1.29 is 9.90 Å². The average molecular weight is 304 g/mol. The van der Waals surface area contributed by atoms with E-state index in [-0.39, 0.29) is 11.2 Å².